The van der Waals surface area contributed by atoms with E-state index in [9.17, 15) is 14.9 Å². The van der Waals surface area contributed by atoms with E-state index in [0.29, 0.717) is 18.9 Å². The fraction of sp³-hybridized carbons (Fsp3) is 0.636. The number of methoxy groups -OCH3 is 1. The molecule has 0 N–H and O–H groups in total. The number of rotatable bonds is 3. The Balaban J connectivity index is 2.28. The van der Waals surface area contributed by atoms with E-state index in [1.54, 1.807) is 11.6 Å². The van der Waals surface area contributed by atoms with Gasteiger partial charge >= 0.3 is 11.8 Å². The van der Waals surface area contributed by atoms with Crippen LogP contribution < -0.4 is 4.90 Å². The normalized spacial score (nSPS) is 22.6. The van der Waals surface area contributed by atoms with Crippen LogP contribution in [-0.4, -0.2) is 40.6 Å². The standard InChI is InChI=1S/C11H16N4O4/c1-7-4-14(5-8(7)11(16)19-3)10-9(15(17)18)12-6-13(10)2/h6-8H,4-5H2,1-3H3. The number of carbonyl (C=O) groups excluding carboxylic acids is 1. The van der Waals surface area contributed by atoms with Gasteiger partial charge in [0.15, 0.2) is 0 Å². The Bertz CT molecular complexity index is 513. The van der Waals surface area contributed by atoms with E-state index in [2.05, 4.69) is 4.98 Å². The average Bonchev–Trinajstić information content (AvgIpc) is 2.91. The fourth-order valence-electron chi connectivity index (χ4n) is 2.50. The van der Waals surface area contributed by atoms with Crippen LogP contribution in [0.4, 0.5) is 11.6 Å². The van der Waals surface area contributed by atoms with Crippen LogP contribution in [0.25, 0.3) is 0 Å². The summed E-state index contributed by atoms with van der Waals surface area (Å²) in [6.45, 7) is 2.91. The molecule has 2 unspecified atom stereocenters. The summed E-state index contributed by atoms with van der Waals surface area (Å²) in [5.74, 6) is -0.204. The largest absolute Gasteiger partial charge is 0.469 e. The van der Waals surface area contributed by atoms with Gasteiger partial charge < -0.3 is 19.8 Å². The number of hydrogen-bond acceptors (Lipinski definition) is 6. The number of aromatic nitrogens is 2. The number of ether oxygens (including phenoxy) is 1. The van der Waals surface area contributed by atoms with Crippen molar-refractivity contribution in [3.63, 3.8) is 0 Å². The molecule has 0 spiro atoms. The van der Waals surface area contributed by atoms with Crippen molar-refractivity contribution in [1.82, 2.24) is 9.55 Å². The van der Waals surface area contributed by atoms with Gasteiger partial charge in [-0.1, -0.05) is 6.92 Å². The Morgan fingerprint density at radius 2 is 2.26 bits per heavy atom. The van der Waals surface area contributed by atoms with Crippen molar-refractivity contribution in [1.29, 1.82) is 0 Å². The molecule has 1 aliphatic rings. The van der Waals surface area contributed by atoms with Crippen LogP contribution >= 0.6 is 0 Å². The minimum absolute atomic E-state index is 0.0851. The maximum absolute atomic E-state index is 11.6. The summed E-state index contributed by atoms with van der Waals surface area (Å²) in [6.07, 6.45) is 1.41. The molecule has 1 aromatic rings. The number of imidazole rings is 1. The molecular formula is C11H16N4O4. The van der Waals surface area contributed by atoms with E-state index in [4.69, 9.17) is 4.74 Å². The number of aryl methyl sites for hydroxylation is 1. The second-order valence-electron chi connectivity index (χ2n) is 4.77. The summed E-state index contributed by atoms with van der Waals surface area (Å²) in [5.41, 5.74) is 0. The molecule has 0 saturated carbocycles. The molecule has 8 heteroatoms. The van der Waals surface area contributed by atoms with Crippen LogP contribution in [0.5, 0.6) is 0 Å². The van der Waals surface area contributed by atoms with Crippen molar-refractivity contribution in [2.75, 3.05) is 25.1 Å². The number of nitro groups is 1. The number of anilines is 1. The predicted molar refractivity (Wildman–Crippen MR) is 66.7 cm³/mol. The van der Waals surface area contributed by atoms with Gasteiger partial charge in [-0.3, -0.25) is 9.36 Å². The molecule has 2 heterocycles. The summed E-state index contributed by atoms with van der Waals surface area (Å²) in [6, 6.07) is 0. The maximum Gasteiger partial charge on any atom is 0.406 e. The smallest absolute Gasteiger partial charge is 0.406 e. The topological polar surface area (TPSA) is 90.5 Å². The molecule has 0 bridgehead atoms. The zero-order chi connectivity index (χ0) is 14.2. The summed E-state index contributed by atoms with van der Waals surface area (Å²) < 4.78 is 6.36. The van der Waals surface area contributed by atoms with Crippen molar-refractivity contribution in [3.05, 3.63) is 16.4 Å². The monoisotopic (exact) mass is 268 g/mol. The SMILES string of the molecule is COC(=O)C1CN(c2c([N+](=O)[O-])ncn2C)CC1C. The van der Waals surface area contributed by atoms with E-state index < -0.39 is 4.92 Å². The molecule has 19 heavy (non-hydrogen) atoms. The molecule has 0 aliphatic carbocycles. The lowest BCUT2D eigenvalue weighted by molar-refractivity contribution is -0.388. The third-order valence-corrected chi connectivity index (χ3v) is 3.48. The van der Waals surface area contributed by atoms with Gasteiger partial charge in [-0.05, 0) is 15.8 Å². The molecule has 8 nitrogen and oxygen atoms in total. The first-order valence-corrected chi connectivity index (χ1v) is 5.94. The molecule has 1 aromatic heterocycles. The second kappa shape index (κ2) is 4.87. The van der Waals surface area contributed by atoms with Crippen molar-refractivity contribution in [2.45, 2.75) is 6.92 Å². The highest BCUT2D eigenvalue weighted by Gasteiger charge is 2.39. The molecule has 2 atom stereocenters. The van der Waals surface area contributed by atoms with Gasteiger partial charge in [-0.25, -0.2) is 0 Å². The number of carbonyl (C=O) groups is 1. The Kier molecular flexibility index (Phi) is 3.41. The minimum Gasteiger partial charge on any atom is -0.469 e. The lowest BCUT2D eigenvalue weighted by atomic mass is 9.99. The third kappa shape index (κ3) is 2.25. The first-order valence-electron chi connectivity index (χ1n) is 5.94. The number of hydrogen-bond donors (Lipinski definition) is 0. The van der Waals surface area contributed by atoms with Gasteiger partial charge in [0.25, 0.3) is 0 Å². The van der Waals surface area contributed by atoms with Crippen LogP contribution in [0.3, 0.4) is 0 Å². The van der Waals surface area contributed by atoms with Crippen LogP contribution in [-0.2, 0) is 16.6 Å². The molecule has 0 radical (unpaired) electrons. The zero-order valence-electron chi connectivity index (χ0n) is 11.1. The van der Waals surface area contributed by atoms with Crippen LogP contribution in [0, 0.1) is 22.0 Å². The van der Waals surface area contributed by atoms with Crippen LogP contribution in [0.15, 0.2) is 6.33 Å². The van der Waals surface area contributed by atoms with E-state index in [1.165, 1.54) is 13.4 Å². The summed E-state index contributed by atoms with van der Waals surface area (Å²) >= 11 is 0. The molecule has 104 valence electrons. The van der Waals surface area contributed by atoms with Gasteiger partial charge in [0.2, 0.25) is 12.1 Å². The number of esters is 1. The van der Waals surface area contributed by atoms with Crippen molar-refractivity contribution >= 4 is 17.6 Å². The molecular weight excluding hydrogens is 252 g/mol. The van der Waals surface area contributed by atoms with Gasteiger partial charge in [-0.2, -0.15) is 0 Å². The van der Waals surface area contributed by atoms with Crippen molar-refractivity contribution < 1.29 is 14.5 Å². The molecule has 1 saturated heterocycles. The van der Waals surface area contributed by atoms with Gasteiger partial charge in [0.1, 0.15) is 0 Å². The number of nitrogens with zero attached hydrogens (tertiary/aromatic N) is 4. The lowest BCUT2D eigenvalue weighted by Crippen LogP contribution is -2.25. The zero-order valence-corrected chi connectivity index (χ0v) is 11.1. The first kappa shape index (κ1) is 13.3. The average molecular weight is 268 g/mol. The Morgan fingerprint density at radius 1 is 1.58 bits per heavy atom. The van der Waals surface area contributed by atoms with Crippen molar-refractivity contribution in [2.24, 2.45) is 18.9 Å². The fourth-order valence-corrected chi connectivity index (χ4v) is 2.50. The summed E-state index contributed by atoms with van der Waals surface area (Å²) in [4.78, 5) is 27.7. The Hall–Kier alpha value is -2.12. The second-order valence-corrected chi connectivity index (χ2v) is 4.77. The Labute approximate surface area is 110 Å². The van der Waals surface area contributed by atoms with Crippen molar-refractivity contribution in [3.8, 4) is 0 Å². The van der Waals surface area contributed by atoms with E-state index in [1.807, 2.05) is 11.8 Å². The van der Waals surface area contributed by atoms with E-state index >= 15 is 0 Å². The summed E-state index contributed by atoms with van der Waals surface area (Å²) in [7, 11) is 3.05. The van der Waals surface area contributed by atoms with E-state index in [0.717, 1.165) is 0 Å². The molecule has 0 amide bonds. The lowest BCUT2D eigenvalue weighted by Gasteiger charge is -2.17. The minimum atomic E-state index is -0.508. The van der Waals surface area contributed by atoms with Crippen LogP contribution in [0.2, 0.25) is 0 Å². The maximum atomic E-state index is 11.6. The Morgan fingerprint density at radius 3 is 2.84 bits per heavy atom. The third-order valence-electron chi connectivity index (χ3n) is 3.48. The van der Waals surface area contributed by atoms with Gasteiger partial charge in [0, 0.05) is 20.1 Å². The quantitative estimate of drug-likeness (QED) is 0.452. The van der Waals surface area contributed by atoms with E-state index in [-0.39, 0.29) is 23.6 Å². The molecule has 0 aromatic carbocycles. The van der Waals surface area contributed by atoms with Gasteiger partial charge in [0.05, 0.1) is 13.0 Å². The highest BCUT2D eigenvalue weighted by Crippen LogP contribution is 2.33. The first-order chi connectivity index (χ1) is 8.95. The molecule has 1 aliphatic heterocycles. The summed E-state index contributed by atoms with van der Waals surface area (Å²) in [5, 5.41) is 11.0. The predicted octanol–water partition coefficient (Wildman–Crippen LogP) is 0.574. The highest BCUT2D eigenvalue weighted by atomic mass is 16.6. The molecule has 2 rings (SSSR count). The van der Waals surface area contributed by atoms with Crippen LogP contribution in [0.1, 0.15) is 6.92 Å². The molecule has 1 fully saturated rings. The van der Waals surface area contributed by atoms with Gasteiger partial charge in [-0.15, -0.1) is 0 Å². The highest BCUT2D eigenvalue weighted by molar-refractivity contribution is 5.75.